The number of carbonyl (C=O) groups is 1. The van der Waals surface area contributed by atoms with Gasteiger partial charge in [0, 0.05) is 11.7 Å². The first kappa shape index (κ1) is 34.7. The minimum atomic E-state index is -0.288. The summed E-state index contributed by atoms with van der Waals surface area (Å²) < 4.78 is 40.9. The molecule has 1 unspecified atom stereocenters. The molecule has 3 aliphatic heterocycles. The van der Waals surface area contributed by atoms with E-state index in [1.54, 1.807) is 0 Å². The molecule has 6 rings (SSSR count). The van der Waals surface area contributed by atoms with E-state index < -0.39 is 0 Å². The van der Waals surface area contributed by atoms with Crippen LogP contribution in [0, 0.1) is 16.2 Å². The van der Waals surface area contributed by atoms with E-state index in [4.69, 9.17) is 33.2 Å². The second-order valence-corrected chi connectivity index (χ2v) is 14.6. The lowest BCUT2D eigenvalue weighted by Gasteiger charge is -2.41. The van der Waals surface area contributed by atoms with E-state index in [1.807, 2.05) is 48.5 Å². The molecule has 9 heteroatoms. The second-order valence-electron chi connectivity index (χ2n) is 13.9. The molecular formula is C39H49O8P. The smallest absolute Gasteiger partial charge is 0.311 e. The lowest BCUT2D eigenvalue weighted by Crippen LogP contribution is -2.47. The molecule has 0 N–H and O–H groups in total. The normalized spacial score (nSPS) is 18.5. The van der Waals surface area contributed by atoms with Gasteiger partial charge in [-0.15, -0.1) is 9.24 Å². The highest BCUT2D eigenvalue weighted by Gasteiger charge is 2.40. The molecule has 3 fully saturated rings. The van der Waals surface area contributed by atoms with Crippen LogP contribution in [0.25, 0.3) is 11.1 Å². The van der Waals surface area contributed by atoms with Crippen LogP contribution in [-0.4, -0.2) is 65.4 Å². The molecule has 0 aromatic heterocycles. The van der Waals surface area contributed by atoms with Gasteiger partial charge in [-0.25, -0.2) is 0 Å². The van der Waals surface area contributed by atoms with Gasteiger partial charge in [-0.1, -0.05) is 45.0 Å². The van der Waals surface area contributed by atoms with E-state index in [9.17, 15) is 4.79 Å². The molecule has 0 aliphatic carbocycles. The quantitative estimate of drug-likeness (QED) is 0.0877. The summed E-state index contributed by atoms with van der Waals surface area (Å²) in [7, 11) is 2.69. The Bertz CT molecular complexity index is 1530. The molecule has 0 bridgehead atoms. The fraction of sp³-hybridized carbons (Fsp3) is 0.513. The van der Waals surface area contributed by atoms with E-state index in [0.29, 0.717) is 51.0 Å². The first-order chi connectivity index (χ1) is 23.3. The van der Waals surface area contributed by atoms with Gasteiger partial charge in [-0.05, 0) is 78.8 Å². The van der Waals surface area contributed by atoms with Gasteiger partial charge in [-0.2, -0.15) is 0 Å². The zero-order valence-corrected chi connectivity index (χ0v) is 29.7. The summed E-state index contributed by atoms with van der Waals surface area (Å²) in [6.07, 6.45) is 3.79. The number of rotatable bonds is 17. The van der Waals surface area contributed by atoms with Gasteiger partial charge in [-0.3, -0.25) is 4.79 Å². The van der Waals surface area contributed by atoms with Crippen molar-refractivity contribution in [2.75, 3.05) is 59.5 Å². The van der Waals surface area contributed by atoms with Gasteiger partial charge in [0.05, 0.1) is 75.7 Å². The zero-order chi connectivity index (χ0) is 33.6. The highest BCUT2D eigenvalue weighted by molar-refractivity contribution is 7.27. The lowest BCUT2D eigenvalue weighted by atomic mass is 9.84. The zero-order valence-electron chi connectivity index (χ0n) is 28.5. The van der Waals surface area contributed by atoms with Gasteiger partial charge in [0.15, 0.2) is 11.5 Å². The lowest BCUT2D eigenvalue weighted by molar-refractivity contribution is -0.136. The Hall–Kier alpha value is -3.16. The van der Waals surface area contributed by atoms with Gasteiger partial charge >= 0.3 is 5.97 Å². The number of ether oxygens (including phenoxy) is 7. The predicted molar refractivity (Wildman–Crippen MR) is 189 cm³/mol. The van der Waals surface area contributed by atoms with Crippen LogP contribution in [0.1, 0.15) is 52.0 Å². The molecule has 8 nitrogen and oxygen atoms in total. The summed E-state index contributed by atoms with van der Waals surface area (Å²) in [5, 5.41) is 0.819. The van der Waals surface area contributed by atoms with Gasteiger partial charge in [0.2, 0.25) is 0 Å². The Morgan fingerprint density at radius 2 is 1.17 bits per heavy atom. The minimum absolute atomic E-state index is 0.0380. The molecule has 48 heavy (non-hydrogen) atoms. The predicted octanol–water partition coefficient (Wildman–Crippen LogP) is 6.81. The molecule has 1 atom stereocenters. The van der Waals surface area contributed by atoms with E-state index >= 15 is 0 Å². The first-order valence-corrected chi connectivity index (χ1v) is 17.8. The molecule has 258 valence electrons. The summed E-state index contributed by atoms with van der Waals surface area (Å²) in [5.41, 5.74) is 3.32. The summed E-state index contributed by atoms with van der Waals surface area (Å²) in [4.78, 5) is 13.0. The van der Waals surface area contributed by atoms with Crippen molar-refractivity contribution in [3.05, 3.63) is 66.2 Å². The number of benzene rings is 3. The average Bonchev–Trinajstić information content (AvgIpc) is 3.05. The van der Waals surface area contributed by atoms with Crippen molar-refractivity contribution in [1.82, 2.24) is 0 Å². The van der Waals surface area contributed by atoms with Crippen LogP contribution < -0.4 is 24.3 Å². The molecule has 0 amide bonds. The third-order valence-electron chi connectivity index (χ3n) is 10.4. The molecule has 0 spiro atoms. The largest absolute Gasteiger partial charge is 0.493 e. The number of carbonyl (C=O) groups excluding carboxylic acids is 1. The summed E-state index contributed by atoms with van der Waals surface area (Å²) in [6, 6.07) is 19.9. The SMILES string of the molecule is CCC1(COc2ccc(-c3ccc(OC(=O)CCc4ccc(OCC5(CC)COC5)c(OCC5(CC)COC5)c4)c(P)c3)cc2)COC1. The van der Waals surface area contributed by atoms with E-state index in [1.165, 1.54) is 0 Å². The maximum atomic E-state index is 13.0. The van der Waals surface area contributed by atoms with Gasteiger partial charge < -0.3 is 33.2 Å². The molecule has 3 heterocycles. The highest BCUT2D eigenvalue weighted by atomic mass is 31.0. The van der Waals surface area contributed by atoms with Crippen LogP contribution in [0.15, 0.2) is 60.7 Å². The standard InChI is InChI=1S/C39H49O8P/c1-4-37(19-41-20-37)25-44-31-12-9-29(10-13-31)30-11-15-33(35(48)18-30)47-36(40)16-8-28-7-14-32(45-26-38(5-2)21-42-22-38)34(17-28)46-27-39(6-3)23-43-24-39/h7,9-15,17-18H,4-6,8,16,19-27,48H2,1-3H3. The molecule has 3 saturated heterocycles. The Morgan fingerprint density at radius 3 is 1.69 bits per heavy atom. The van der Waals surface area contributed by atoms with Crippen molar-refractivity contribution in [2.24, 2.45) is 16.2 Å². The van der Waals surface area contributed by atoms with Crippen LogP contribution >= 0.6 is 9.24 Å². The number of esters is 1. The maximum Gasteiger partial charge on any atom is 0.311 e. The third-order valence-corrected chi connectivity index (χ3v) is 10.8. The Balaban J connectivity index is 1.04. The second kappa shape index (κ2) is 15.2. The van der Waals surface area contributed by atoms with Crippen molar-refractivity contribution in [3.8, 4) is 34.1 Å². The van der Waals surface area contributed by atoms with Gasteiger partial charge in [0.1, 0.15) is 11.5 Å². The van der Waals surface area contributed by atoms with E-state index in [-0.39, 0.29) is 28.6 Å². The minimum Gasteiger partial charge on any atom is -0.493 e. The molecule has 0 saturated carbocycles. The highest BCUT2D eigenvalue weighted by Crippen LogP contribution is 2.38. The van der Waals surface area contributed by atoms with Crippen LogP contribution in [0.5, 0.6) is 23.0 Å². The van der Waals surface area contributed by atoms with Crippen LogP contribution in [0.3, 0.4) is 0 Å². The molecular weight excluding hydrogens is 627 g/mol. The first-order valence-electron chi connectivity index (χ1n) is 17.2. The summed E-state index contributed by atoms with van der Waals surface area (Å²) in [5.74, 6) is 2.52. The number of hydrogen-bond acceptors (Lipinski definition) is 8. The van der Waals surface area contributed by atoms with Crippen LogP contribution in [-0.2, 0) is 25.4 Å². The fourth-order valence-corrected chi connectivity index (χ4v) is 6.30. The van der Waals surface area contributed by atoms with Crippen molar-refractivity contribution >= 4 is 20.5 Å². The number of aryl methyl sites for hydroxylation is 1. The monoisotopic (exact) mass is 676 g/mol. The number of hydrogen-bond donors (Lipinski definition) is 0. The fourth-order valence-electron chi connectivity index (χ4n) is 5.96. The average molecular weight is 677 g/mol. The van der Waals surface area contributed by atoms with Gasteiger partial charge in [0.25, 0.3) is 0 Å². The maximum absolute atomic E-state index is 13.0. The Kier molecular flexibility index (Phi) is 11.0. The molecule has 3 aromatic rings. The Labute approximate surface area is 286 Å². The van der Waals surface area contributed by atoms with Crippen molar-refractivity contribution in [1.29, 1.82) is 0 Å². The molecule has 3 aromatic carbocycles. The third kappa shape index (κ3) is 8.00. The van der Waals surface area contributed by atoms with Crippen molar-refractivity contribution in [3.63, 3.8) is 0 Å². The van der Waals surface area contributed by atoms with E-state index in [2.05, 4.69) is 42.1 Å². The van der Waals surface area contributed by atoms with E-state index in [0.717, 1.165) is 79.2 Å². The van der Waals surface area contributed by atoms with Crippen LogP contribution in [0.2, 0.25) is 0 Å². The molecule has 3 aliphatic rings. The molecule has 0 radical (unpaired) electrons. The van der Waals surface area contributed by atoms with Crippen molar-refractivity contribution < 1.29 is 38.0 Å². The summed E-state index contributed by atoms with van der Waals surface area (Å²) >= 11 is 0. The van der Waals surface area contributed by atoms with Crippen LogP contribution in [0.4, 0.5) is 0 Å². The summed E-state index contributed by atoms with van der Waals surface area (Å²) in [6.45, 7) is 12.7. The van der Waals surface area contributed by atoms with Crippen molar-refractivity contribution in [2.45, 2.75) is 52.9 Å². The Morgan fingerprint density at radius 1 is 0.646 bits per heavy atom. The topological polar surface area (TPSA) is 81.7 Å².